The molecule has 2 amide bonds. The van der Waals surface area contributed by atoms with Crippen LogP contribution in [0.1, 0.15) is 26.2 Å². The number of likely N-dealkylation sites (N-methyl/N-ethyl adjacent to an activating group) is 1. The Morgan fingerprint density at radius 1 is 1.32 bits per heavy atom. The Kier molecular flexibility index (Phi) is 9.98. The van der Waals surface area contributed by atoms with Crippen LogP contribution in [-0.4, -0.2) is 77.5 Å². The van der Waals surface area contributed by atoms with E-state index in [0.717, 1.165) is 29.8 Å². The van der Waals surface area contributed by atoms with Gasteiger partial charge in [0.05, 0.1) is 5.69 Å². The summed E-state index contributed by atoms with van der Waals surface area (Å²) in [5.74, 6) is -0.729. The number of fused-ring (bicyclic) bond motifs is 1. The third kappa shape index (κ3) is 6.54. The van der Waals surface area contributed by atoms with Crippen molar-refractivity contribution in [1.29, 1.82) is 0 Å². The third-order valence-corrected chi connectivity index (χ3v) is 6.31. The Morgan fingerprint density at radius 3 is 2.71 bits per heavy atom. The van der Waals surface area contributed by atoms with Crippen LogP contribution >= 0.6 is 11.8 Å². The number of unbranched alkanes of at least 4 members (excludes halogenated alkanes) is 2. The smallest absolute Gasteiger partial charge is 0.252 e. The molecule has 1 heterocycles. The molecule has 0 fully saturated rings. The molecule has 0 saturated heterocycles. The molecule has 31 heavy (non-hydrogen) atoms. The molecule has 0 radical (unpaired) electrons. The van der Waals surface area contributed by atoms with E-state index >= 15 is 0 Å². The van der Waals surface area contributed by atoms with E-state index in [4.69, 9.17) is 4.74 Å². The molecule has 9 heteroatoms. The number of anilines is 1. The molecule has 5 atom stereocenters. The number of amides is 2. The standard InChI is InChI=1S/C22H32N2O6S/c1-4-5-6-7-11-16(25)18(26)19(27)20(30-3)21(28)23-14-13-31-17-12-9-8-10-15(17)24(2)22(14)29/h7-12,14,16,18-20,25-27H,4-6,13H2,1-3H3,(H,23,28)/b11-7+/t14-,16+,18-,19+,20+/m0/s1. The number of ether oxygens (including phenoxy) is 1. The number of hydrogen-bond donors (Lipinski definition) is 4. The number of hydrogen-bond acceptors (Lipinski definition) is 7. The lowest BCUT2D eigenvalue weighted by atomic mass is 10.0. The second kappa shape index (κ2) is 12.2. The van der Waals surface area contributed by atoms with Crippen LogP contribution in [0.3, 0.4) is 0 Å². The minimum absolute atomic E-state index is 0.297. The normalized spacial score (nSPS) is 20.6. The van der Waals surface area contributed by atoms with Crippen molar-refractivity contribution >= 4 is 29.3 Å². The predicted molar refractivity (Wildman–Crippen MR) is 120 cm³/mol. The Balaban J connectivity index is 2.03. The van der Waals surface area contributed by atoms with E-state index in [0.29, 0.717) is 5.75 Å². The number of methoxy groups -OCH3 is 1. The summed E-state index contributed by atoms with van der Waals surface area (Å²) in [4.78, 5) is 28.0. The van der Waals surface area contributed by atoms with E-state index in [1.54, 1.807) is 13.1 Å². The van der Waals surface area contributed by atoms with E-state index < -0.39 is 36.4 Å². The fourth-order valence-corrected chi connectivity index (χ4v) is 4.36. The quantitative estimate of drug-likeness (QED) is 0.310. The summed E-state index contributed by atoms with van der Waals surface area (Å²) in [6.07, 6.45) is -0.323. The Hall–Kier alpha value is -1.91. The number of aliphatic hydroxyl groups excluding tert-OH is 3. The zero-order valence-electron chi connectivity index (χ0n) is 18.1. The van der Waals surface area contributed by atoms with Crippen molar-refractivity contribution in [3.63, 3.8) is 0 Å². The Bertz CT molecular complexity index is 774. The number of nitrogens with zero attached hydrogens (tertiary/aromatic N) is 1. The summed E-state index contributed by atoms with van der Waals surface area (Å²) >= 11 is 1.44. The zero-order chi connectivity index (χ0) is 23.0. The molecule has 1 aliphatic heterocycles. The van der Waals surface area contributed by atoms with Crippen LogP contribution in [0, 0.1) is 0 Å². The minimum atomic E-state index is -1.68. The molecule has 2 rings (SSSR count). The van der Waals surface area contributed by atoms with Gasteiger partial charge in [0.1, 0.15) is 24.4 Å². The number of nitrogens with one attached hydrogen (secondary N) is 1. The lowest BCUT2D eigenvalue weighted by Crippen LogP contribution is -2.56. The SMILES string of the molecule is CCCC/C=C/[C@@H](O)[C@H](O)[C@@H](O)[C@@H](OC)C(=O)N[C@H]1CSc2ccccc2N(C)C1=O. The molecule has 8 nitrogen and oxygen atoms in total. The number of rotatable bonds is 10. The van der Waals surface area contributed by atoms with Crippen LogP contribution in [0.4, 0.5) is 5.69 Å². The van der Waals surface area contributed by atoms with Gasteiger partial charge in [-0.05, 0) is 18.6 Å². The molecule has 4 N–H and O–H groups in total. The van der Waals surface area contributed by atoms with Crippen molar-refractivity contribution in [1.82, 2.24) is 5.32 Å². The van der Waals surface area contributed by atoms with Gasteiger partial charge in [0.15, 0.2) is 6.10 Å². The average Bonchev–Trinajstić information content (AvgIpc) is 2.88. The van der Waals surface area contributed by atoms with Gasteiger partial charge in [-0.2, -0.15) is 0 Å². The molecule has 1 aromatic carbocycles. The lowest BCUT2D eigenvalue weighted by Gasteiger charge is -2.28. The first-order valence-electron chi connectivity index (χ1n) is 10.3. The van der Waals surface area contributed by atoms with Gasteiger partial charge >= 0.3 is 0 Å². The molecule has 0 unspecified atom stereocenters. The molecule has 0 aliphatic carbocycles. The van der Waals surface area contributed by atoms with Gasteiger partial charge < -0.3 is 30.3 Å². The number of carbonyl (C=O) groups is 2. The first-order chi connectivity index (χ1) is 14.8. The number of allylic oxidation sites excluding steroid dienone is 1. The van der Waals surface area contributed by atoms with Crippen LogP contribution in [0.2, 0.25) is 0 Å². The van der Waals surface area contributed by atoms with E-state index in [2.05, 4.69) is 5.32 Å². The highest BCUT2D eigenvalue weighted by Crippen LogP contribution is 2.33. The molecular formula is C22H32N2O6S. The van der Waals surface area contributed by atoms with E-state index in [-0.39, 0.29) is 5.91 Å². The Labute approximate surface area is 187 Å². The molecule has 0 saturated carbocycles. The van der Waals surface area contributed by atoms with Crippen molar-refractivity contribution in [3.05, 3.63) is 36.4 Å². The van der Waals surface area contributed by atoms with Gasteiger partial charge in [-0.15, -0.1) is 11.8 Å². The third-order valence-electron chi connectivity index (χ3n) is 5.16. The highest BCUT2D eigenvalue weighted by atomic mass is 32.2. The van der Waals surface area contributed by atoms with Crippen LogP contribution in [0.5, 0.6) is 0 Å². The summed E-state index contributed by atoms with van der Waals surface area (Å²) < 4.78 is 5.10. The van der Waals surface area contributed by atoms with Crippen molar-refractivity contribution < 1.29 is 29.6 Å². The fraction of sp³-hybridized carbons (Fsp3) is 0.545. The first-order valence-corrected chi connectivity index (χ1v) is 11.3. The van der Waals surface area contributed by atoms with E-state index in [1.165, 1.54) is 29.8 Å². The zero-order valence-corrected chi connectivity index (χ0v) is 18.9. The number of aliphatic hydroxyl groups is 3. The summed E-state index contributed by atoms with van der Waals surface area (Å²) in [6.45, 7) is 2.04. The fourth-order valence-electron chi connectivity index (χ4n) is 3.26. The highest BCUT2D eigenvalue weighted by Gasteiger charge is 2.38. The van der Waals surface area contributed by atoms with Gasteiger partial charge in [0, 0.05) is 24.8 Å². The van der Waals surface area contributed by atoms with Gasteiger partial charge in [-0.1, -0.05) is 44.1 Å². The number of benzene rings is 1. The topological polar surface area (TPSA) is 119 Å². The largest absolute Gasteiger partial charge is 0.387 e. The maximum atomic E-state index is 12.8. The van der Waals surface area contributed by atoms with Crippen molar-refractivity contribution in [2.24, 2.45) is 0 Å². The van der Waals surface area contributed by atoms with Gasteiger partial charge in [-0.25, -0.2) is 0 Å². The number of carbonyl (C=O) groups excluding carboxylic acids is 2. The second-order valence-electron chi connectivity index (χ2n) is 7.44. The van der Waals surface area contributed by atoms with Crippen molar-refractivity contribution in [2.75, 3.05) is 24.8 Å². The average molecular weight is 453 g/mol. The number of thioether (sulfide) groups is 1. The van der Waals surface area contributed by atoms with Crippen molar-refractivity contribution in [2.45, 2.75) is 61.5 Å². The van der Waals surface area contributed by atoms with Gasteiger partial charge in [0.2, 0.25) is 5.91 Å². The number of para-hydroxylation sites is 1. The van der Waals surface area contributed by atoms with E-state index in [9.17, 15) is 24.9 Å². The summed E-state index contributed by atoms with van der Waals surface area (Å²) in [7, 11) is 2.86. The van der Waals surface area contributed by atoms with Crippen LogP contribution < -0.4 is 10.2 Å². The Morgan fingerprint density at radius 2 is 2.03 bits per heavy atom. The molecule has 0 aromatic heterocycles. The van der Waals surface area contributed by atoms with Gasteiger partial charge in [0.25, 0.3) is 5.91 Å². The molecule has 0 bridgehead atoms. The van der Waals surface area contributed by atoms with Crippen LogP contribution in [0.15, 0.2) is 41.3 Å². The minimum Gasteiger partial charge on any atom is -0.387 e. The predicted octanol–water partition coefficient (Wildman–Crippen LogP) is 1.08. The maximum absolute atomic E-state index is 12.8. The van der Waals surface area contributed by atoms with E-state index in [1.807, 2.05) is 31.2 Å². The summed E-state index contributed by atoms with van der Waals surface area (Å²) in [6, 6.07) is 6.61. The molecular weight excluding hydrogens is 420 g/mol. The summed E-state index contributed by atoms with van der Waals surface area (Å²) in [5.41, 5.74) is 0.756. The molecule has 0 spiro atoms. The lowest BCUT2D eigenvalue weighted by molar-refractivity contribution is -0.150. The first kappa shape index (κ1) is 25.4. The molecule has 1 aliphatic rings. The second-order valence-corrected chi connectivity index (χ2v) is 8.50. The van der Waals surface area contributed by atoms with Crippen LogP contribution in [-0.2, 0) is 14.3 Å². The van der Waals surface area contributed by atoms with Gasteiger partial charge in [-0.3, -0.25) is 9.59 Å². The molecule has 1 aromatic rings. The summed E-state index contributed by atoms with van der Waals surface area (Å²) in [5, 5.41) is 33.4. The van der Waals surface area contributed by atoms with Crippen LogP contribution in [0.25, 0.3) is 0 Å². The van der Waals surface area contributed by atoms with Crippen molar-refractivity contribution in [3.8, 4) is 0 Å². The monoisotopic (exact) mass is 452 g/mol. The maximum Gasteiger partial charge on any atom is 0.252 e. The highest BCUT2D eigenvalue weighted by molar-refractivity contribution is 7.99. The molecule has 172 valence electrons.